The Morgan fingerprint density at radius 2 is 0.551 bits per heavy atom. The van der Waals surface area contributed by atoms with E-state index in [1.165, 1.54) is 174 Å². The zero-order valence-electron chi connectivity index (χ0n) is 101. The molecule has 12 rings (SSSR count). The zero-order chi connectivity index (χ0) is 107. The summed E-state index contributed by atoms with van der Waals surface area (Å²) in [5.74, 6) is 6.80. The molecule has 0 radical (unpaired) electrons. The summed E-state index contributed by atoms with van der Waals surface area (Å²) in [6, 6.07) is 74.0. The Morgan fingerprint density at radius 3 is 0.853 bits per heavy atom. The van der Waals surface area contributed by atoms with E-state index in [9.17, 15) is 0 Å². The van der Waals surface area contributed by atoms with Crippen LogP contribution in [0.25, 0.3) is 22.3 Å². The van der Waals surface area contributed by atoms with E-state index in [0.717, 1.165) is 29.2 Å². The average Bonchev–Trinajstić information content (AvgIpc) is 0.754. The Balaban J connectivity index is 0.000000286. The quantitative estimate of drug-likeness (QED) is 0.0757. The predicted octanol–water partition coefficient (Wildman–Crippen LogP) is 42.6. The molecule has 2 aliphatic rings. The minimum Gasteiger partial charge on any atom is -0.0625 e. The van der Waals surface area contributed by atoms with Crippen molar-refractivity contribution < 1.29 is 6.85 Å². The predicted molar refractivity (Wildman–Crippen MR) is 614 cm³/mol. The number of aryl methyl sites for hydroxylation is 3. The second-order valence-electron chi connectivity index (χ2n) is 49.6. The second kappa shape index (κ2) is 54.3. The van der Waals surface area contributed by atoms with Crippen LogP contribution >= 0.6 is 0 Å². The Morgan fingerprint density at radius 1 is 0.265 bits per heavy atom. The van der Waals surface area contributed by atoms with Crippen molar-refractivity contribution in [1.82, 2.24) is 0 Å². The van der Waals surface area contributed by atoms with Gasteiger partial charge in [-0.1, -0.05) is 536 Å². The molecular weight excluding hydrogens is 1630 g/mol. The van der Waals surface area contributed by atoms with Crippen molar-refractivity contribution in [3.63, 3.8) is 0 Å². The summed E-state index contributed by atoms with van der Waals surface area (Å²) in [6.07, 6.45) is 13.9. The van der Waals surface area contributed by atoms with E-state index in [1.54, 1.807) is 62.7 Å². The van der Waals surface area contributed by atoms with Crippen molar-refractivity contribution in [1.29, 1.82) is 0 Å². The number of rotatable bonds is 19. The van der Waals surface area contributed by atoms with Crippen molar-refractivity contribution in [2.24, 2.45) is 11.8 Å². The van der Waals surface area contributed by atoms with Gasteiger partial charge in [-0.2, -0.15) is 0 Å². The third-order valence-electron chi connectivity index (χ3n) is 27.4. The summed E-state index contributed by atoms with van der Waals surface area (Å²) in [4.78, 5) is 0. The van der Waals surface area contributed by atoms with Gasteiger partial charge in [0.2, 0.25) is 0 Å². The summed E-state index contributed by atoms with van der Waals surface area (Å²) >= 11 is 0. The molecule has 136 heavy (non-hydrogen) atoms. The molecule has 0 aliphatic heterocycles. The SMILES string of the molecule is CC(C)Cc1cccc(CC(C)C)c1C(C)C.CC(C)c1c(-c2ccccc2)cccc1-c1ccccc1.CC(C)c1c(C(C)(C)C)cc(C(C)(C)C)cc1C(C)(C)C.CC(C)c1c(C(C)(C)C)cccc1C(C)(C)C.CC(C)c1c(C2CCCCC2)cccc1C1CCCCC1.Cc1ccccc1C(C)C.[2H]C(C)(C)c1cccc(C(C)(C)C)c1C(C)C.[2H]C([2H])(C)c1cccc(C([2H])([2H])C)c1C(C)C. The number of hydrogen-bond donors (Lipinski definition) is 0. The molecule has 0 heterocycles. The molecule has 0 amide bonds. The molecule has 10 aromatic rings. The van der Waals surface area contributed by atoms with Crippen LogP contribution in [-0.4, -0.2) is 0 Å². The van der Waals surface area contributed by atoms with Gasteiger partial charge in [0.15, 0.2) is 0 Å². The van der Waals surface area contributed by atoms with Gasteiger partial charge in [-0.05, 0) is 312 Å². The summed E-state index contributed by atoms with van der Waals surface area (Å²) < 4.78 is 39.7. The summed E-state index contributed by atoms with van der Waals surface area (Å²) in [5.41, 5.74) is 37.1. The molecule has 0 nitrogen and oxygen atoms in total. The van der Waals surface area contributed by atoms with E-state index in [-0.39, 0.29) is 38.4 Å². The van der Waals surface area contributed by atoms with Crippen LogP contribution in [0.15, 0.2) is 206 Å². The normalized spacial score (nSPS) is 14.4. The van der Waals surface area contributed by atoms with Gasteiger partial charge < -0.3 is 0 Å². The van der Waals surface area contributed by atoms with Gasteiger partial charge >= 0.3 is 0 Å². The van der Waals surface area contributed by atoms with Crippen LogP contribution in [0, 0.1) is 18.8 Å². The first kappa shape index (κ1) is 110. The van der Waals surface area contributed by atoms with Crippen LogP contribution in [0.2, 0.25) is 0 Å². The lowest BCUT2D eigenvalue weighted by molar-refractivity contribution is 0.429. The van der Waals surface area contributed by atoms with Crippen LogP contribution in [0.1, 0.15) is 549 Å². The lowest BCUT2D eigenvalue weighted by Gasteiger charge is -2.35. The van der Waals surface area contributed by atoms with Crippen molar-refractivity contribution in [3.8, 4) is 22.3 Å². The maximum atomic E-state index is 8.31. The van der Waals surface area contributed by atoms with E-state index in [4.69, 9.17) is 6.85 Å². The van der Waals surface area contributed by atoms with Gasteiger partial charge in [-0.3, -0.25) is 0 Å². The van der Waals surface area contributed by atoms with Crippen molar-refractivity contribution >= 4 is 0 Å². The Kier molecular flexibility index (Phi) is 44.0. The maximum Gasteiger partial charge on any atom is 0.0347 e. The first-order chi connectivity index (χ1) is 65.0. The molecule has 0 spiro atoms. The molecule has 0 saturated heterocycles. The van der Waals surface area contributed by atoms with Gasteiger partial charge in [0.05, 0.1) is 0 Å². The van der Waals surface area contributed by atoms with E-state index < -0.39 is 18.6 Å². The lowest BCUT2D eigenvalue weighted by atomic mass is 9.70. The molecular formula is C136H204. The minimum atomic E-state index is -1.44. The molecule has 10 aromatic carbocycles. The highest BCUT2D eigenvalue weighted by atomic mass is 14.4. The second-order valence-corrected chi connectivity index (χ2v) is 49.6. The molecule has 0 N–H and O–H groups in total. The van der Waals surface area contributed by atoms with Gasteiger partial charge in [0.25, 0.3) is 0 Å². The summed E-state index contributed by atoms with van der Waals surface area (Å²) in [6.45, 7) is 96.0. The van der Waals surface area contributed by atoms with E-state index in [2.05, 4.69) is 444 Å². The van der Waals surface area contributed by atoms with Gasteiger partial charge in [-0.15, -0.1) is 0 Å². The van der Waals surface area contributed by atoms with Crippen LogP contribution in [0.4, 0.5) is 0 Å². The van der Waals surface area contributed by atoms with Crippen molar-refractivity contribution in [2.45, 2.75) is 485 Å². The van der Waals surface area contributed by atoms with Gasteiger partial charge in [0, 0.05) is 6.85 Å². The molecule has 748 valence electrons. The first-order valence-electron chi connectivity index (χ1n) is 56.1. The minimum absolute atomic E-state index is 0.103. The van der Waals surface area contributed by atoms with E-state index in [0.29, 0.717) is 52.6 Å². The molecule has 2 aliphatic carbocycles. The highest BCUT2D eigenvalue weighted by molar-refractivity contribution is 5.79. The fourth-order valence-electron chi connectivity index (χ4n) is 21.0. The van der Waals surface area contributed by atoms with Crippen LogP contribution < -0.4 is 0 Å². The smallest absolute Gasteiger partial charge is 0.0347 e. The Hall–Kier alpha value is -7.80. The zero-order valence-corrected chi connectivity index (χ0v) is 95.5. The van der Waals surface area contributed by atoms with E-state index in [1.807, 2.05) is 27.7 Å². The maximum absolute atomic E-state index is 8.31. The van der Waals surface area contributed by atoms with Crippen molar-refractivity contribution in [3.05, 3.63) is 329 Å². The molecule has 2 saturated carbocycles. The fraction of sp³-hybridized carbons (Fsp3) is 0.559. The van der Waals surface area contributed by atoms with Gasteiger partial charge in [-0.25, -0.2) is 0 Å². The van der Waals surface area contributed by atoms with Crippen LogP contribution in [-0.2, 0) is 58.1 Å². The average molecular weight is 1840 g/mol. The molecule has 0 bridgehead atoms. The highest BCUT2D eigenvalue weighted by Crippen LogP contribution is 2.47. The molecule has 2 fully saturated rings. The largest absolute Gasteiger partial charge is 0.0625 e. The molecule has 0 atom stereocenters. The molecule has 0 unspecified atom stereocenters. The number of benzene rings is 10. The summed E-state index contributed by atoms with van der Waals surface area (Å²) in [5, 5.41) is 0. The van der Waals surface area contributed by atoms with E-state index >= 15 is 0 Å². The topological polar surface area (TPSA) is 0 Å². The molecule has 0 aromatic heterocycles. The van der Waals surface area contributed by atoms with Crippen molar-refractivity contribution in [2.75, 3.05) is 0 Å². The monoisotopic (exact) mass is 1840 g/mol. The Labute approximate surface area is 849 Å². The van der Waals surface area contributed by atoms with Crippen LogP contribution in [0.3, 0.4) is 0 Å². The van der Waals surface area contributed by atoms with Gasteiger partial charge in [0.1, 0.15) is 0 Å². The summed E-state index contributed by atoms with van der Waals surface area (Å²) in [7, 11) is 0. The highest BCUT2D eigenvalue weighted by Gasteiger charge is 2.33. The number of hydrogen-bond acceptors (Lipinski definition) is 0. The standard InChI is InChI=1S/C21H32.C21H20.C21H36.2C17H28.C16H26.C13H20.C10H14/c2*1-16(2)21-19(17-10-5-3-6-11-17)14-9-15-20(21)18-12-7-4-8-13-18;1-14(2)18-16(20(6,7)8)12-15(19(3,4)5)13-17(18)21(9,10)11;1-12(2)15-13(16(3,4)5)10-9-11-14(15)17(6,7)8;1-12(2)10-15-8-7-9-16(11-13(3)4)17(15)14(5)6;1-11(2)13-9-8-10-14(16(5,6)7)15(13)12(3)4;1-5-11-8-7-9-12(6-2)13(11)10(3)4;1-8(2)10-7-5-4-6-9(10)3/h9,14-18H,3-8,10-13H2,1-2H3;3-16H,1-2H3;12-14H,1-11H3;9-12H,1-8H3;7-9,12-14H,10-11H2,1-6H3;8-12H,1-7H3;7-10H,5-6H2,1-4H3;4-8H,1-3H3/i;;;;;11D;5D2,6D2;. The third kappa shape index (κ3) is 35.8. The van der Waals surface area contributed by atoms with Crippen LogP contribution in [0.5, 0.6) is 0 Å². The third-order valence-corrected chi connectivity index (χ3v) is 27.4. The molecule has 0 heteroatoms. The Bertz CT molecular complexity index is 4940. The first-order valence-corrected chi connectivity index (χ1v) is 53.6. The lowest BCUT2D eigenvalue weighted by Crippen LogP contribution is -2.24. The fourth-order valence-corrected chi connectivity index (χ4v) is 21.0.